The fourth-order valence-corrected chi connectivity index (χ4v) is 3.89. The smallest absolute Gasteiger partial charge is 0.313 e. The molecule has 0 fully saturated rings. The third-order valence-electron chi connectivity index (χ3n) is 5.31. The normalized spacial score (nSPS) is 14.5. The van der Waals surface area contributed by atoms with E-state index in [1.165, 1.54) is 23.3 Å². The Morgan fingerprint density at radius 2 is 1.90 bits per heavy atom. The average Bonchev–Trinajstić information content (AvgIpc) is 3.31. The Labute approximate surface area is 184 Å². The number of benzene rings is 2. The van der Waals surface area contributed by atoms with Gasteiger partial charge in [0.15, 0.2) is 0 Å². The quantitative estimate of drug-likeness (QED) is 0.588. The van der Waals surface area contributed by atoms with E-state index in [9.17, 15) is 14.0 Å². The van der Waals surface area contributed by atoms with Crippen LogP contribution in [0.5, 0.6) is 0 Å². The summed E-state index contributed by atoms with van der Waals surface area (Å²) in [5.41, 5.74) is 2.79. The van der Waals surface area contributed by atoms with Gasteiger partial charge in [-0.2, -0.15) is 0 Å². The monoisotopic (exact) mass is 441 g/mol. The summed E-state index contributed by atoms with van der Waals surface area (Å²) in [7, 11) is 0. The molecule has 1 aliphatic rings. The highest BCUT2D eigenvalue weighted by atomic mass is 35.5. The van der Waals surface area contributed by atoms with Gasteiger partial charge >= 0.3 is 11.8 Å². The Bertz CT molecular complexity index is 1090. The van der Waals surface area contributed by atoms with E-state index in [0.717, 1.165) is 25.6 Å². The van der Waals surface area contributed by atoms with Gasteiger partial charge < -0.3 is 15.1 Å². The van der Waals surface area contributed by atoms with Crippen LogP contribution in [0.25, 0.3) is 0 Å². The molecule has 3 aromatic rings. The van der Waals surface area contributed by atoms with Crippen molar-refractivity contribution < 1.29 is 18.4 Å². The standard InChI is InChI=1S/C23H21ClFN3O3/c24-18-12-17(7-8-19(18)25)27-23(30)22(29)26-13-20(21-6-3-11-31-21)28-10-9-15-4-1-2-5-16(15)14-28/h1-8,11-12,20H,9-10,13-14H2,(H,26,29)(H,27,30)/t20-/m1/s1. The van der Waals surface area contributed by atoms with Crippen molar-refractivity contribution in [3.8, 4) is 0 Å². The van der Waals surface area contributed by atoms with Crippen LogP contribution in [0.4, 0.5) is 10.1 Å². The van der Waals surface area contributed by atoms with Crippen LogP contribution in [0.15, 0.2) is 65.3 Å². The number of fused-ring (bicyclic) bond motifs is 1. The first kappa shape index (κ1) is 21.1. The number of nitrogens with one attached hydrogen (secondary N) is 2. The maximum absolute atomic E-state index is 13.3. The molecule has 2 N–H and O–H groups in total. The highest BCUT2D eigenvalue weighted by molar-refractivity contribution is 6.39. The number of halogens is 2. The van der Waals surface area contributed by atoms with Crippen molar-refractivity contribution in [2.45, 2.75) is 19.0 Å². The lowest BCUT2D eigenvalue weighted by Crippen LogP contribution is -2.43. The molecule has 2 heterocycles. The first-order valence-corrected chi connectivity index (χ1v) is 10.3. The van der Waals surface area contributed by atoms with Gasteiger partial charge in [-0.15, -0.1) is 0 Å². The summed E-state index contributed by atoms with van der Waals surface area (Å²) in [5, 5.41) is 4.96. The Balaban J connectivity index is 1.41. The highest BCUT2D eigenvalue weighted by Crippen LogP contribution is 2.28. The minimum Gasteiger partial charge on any atom is -0.468 e. The third kappa shape index (κ3) is 4.95. The summed E-state index contributed by atoms with van der Waals surface area (Å²) in [6.45, 7) is 1.72. The van der Waals surface area contributed by atoms with E-state index in [-0.39, 0.29) is 23.3 Å². The SMILES string of the molecule is O=C(NC[C@H](c1ccco1)N1CCc2ccccc2C1)C(=O)Nc1ccc(F)c(Cl)c1. The lowest BCUT2D eigenvalue weighted by Gasteiger charge is -2.34. The fraction of sp³-hybridized carbons (Fsp3) is 0.217. The molecular formula is C23H21ClFN3O3. The molecule has 0 radical (unpaired) electrons. The number of hydrogen-bond donors (Lipinski definition) is 2. The third-order valence-corrected chi connectivity index (χ3v) is 5.60. The van der Waals surface area contributed by atoms with Crippen molar-refractivity contribution in [3.05, 3.63) is 88.6 Å². The molecule has 8 heteroatoms. The zero-order valence-electron chi connectivity index (χ0n) is 16.6. The van der Waals surface area contributed by atoms with Crippen molar-refractivity contribution in [1.82, 2.24) is 10.2 Å². The number of nitrogens with zero attached hydrogens (tertiary/aromatic N) is 1. The van der Waals surface area contributed by atoms with Gasteiger partial charge in [0.2, 0.25) is 0 Å². The van der Waals surface area contributed by atoms with Crippen molar-refractivity contribution in [2.75, 3.05) is 18.4 Å². The van der Waals surface area contributed by atoms with Gasteiger partial charge in [0.1, 0.15) is 11.6 Å². The van der Waals surface area contributed by atoms with Crippen LogP contribution in [0.3, 0.4) is 0 Å². The Morgan fingerprint density at radius 1 is 1.10 bits per heavy atom. The molecule has 2 amide bonds. The molecule has 4 rings (SSSR count). The van der Waals surface area contributed by atoms with E-state index in [2.05, 4.69) is 27.7 Å². The number of anilines is 1. The lowest BCUT2D eigenvalue weighted by molar-refractivity contribution is -0.136. The molecule has 2 aromatic carbocycles. The second-order valence-corrected chi connectivity index (χ2v) is 7.72. The summed E-state index contributed by atoms with van der Waals surface area (Å²) >= 11 is 5.72. The number of carbonyl (C=O) groups excluding carboxylic acids is 2. The summed E-state index contributed by atoms with van der Waals surface area (Å²) < 4.78 is 18.9. The topological polar surface area (TPSA) is 74.6 Å². The van der Waals surface area contributed by atoms with Crippen molar-refractivity contribution in [1.29, 1.82) is 0 Å². The maximum Gasteiger partial charge on any atom is 0.313 e. The summed E-state index contributed by atoms with van der Waals surface area (Å²) in [4.78, 5) is 26.8. The number of amides is 2. The van der Waals surface area contributed by atoms with Gasteiger partial charge in [0, 0.05) is 25.3 Å². The first-order valence-electron chi connectivity index (χ1n) is 9.90. The van der Waals surface area contributed by atoms with E-state index < -0.39 is 17.6 Å². The van der Waals surface area contributed by atoms with E-state index in [4.69, 9.17) is 16.0 Å². The molecule has 0 spiro atoms. The lowest BCUT2D eigenvalue weighted by atomic mass is 9.98. The maximum atomic E-state index is 13.3. The van der Waals surface area contributed by atoms with Crippen LogP contribution < -0.4 is 10.6 Å². The summed E-state index contributed by atoms with van der Waals surface area (Å²) in [6, 6.07) is 15.4. The van der Waals surface area contributed by atoms with Crippen LogP contribution in [-0.4, -0.2) is 29.8 Å². The predicted octanol–water partition coefficient (Wildman–Crippen LogP) is 3.93. The van der Waals surface area contributed by atoms with Crippen molar-refractivity contribution in [2.24, 2.45) is 0 Å². The summed E-state index contributed by atoms with van der Waals surface area (Å²) in [5.74, 6) is -1.54. The molecule has 0 unspecified atom stereocenters. The van der Waals surface area contributed by atoms with E-state index in [1.54, 1.807) is 12.3 Å². The van der Waals surface area contributed by atoms with Gasteiger partial charge in [-0.25, -0.2) is 4.39 Å². The minimum atomic E-state index is -0.857. The van der Waals surface area contributed by atoms with Crippen LogP contribution in [0.1, 0.15) is 22.9 Å². The molecule has 0 saturated heterocycles. The molecule has 0 bridgehead atoms. The molecule has 160 valence electrons. The van der Waals surface area contributed by atoms with Crippen molar-refractivity contribution in [3.63, 3.8) is 0 Å². The van der Waals surface area contributed by atoms with Gasteiger partial charge in [-0.1, -0.05) is 35.9 Å². The minimum absolute atomic E-state index is 0.138. The summed E-state index contributed by atoms with van der Waals surface area (Å²) in [6.07, 6.45) is 2.49. The van der Waals surface area contributed by atoms with Crippen LogP contribution in [0.2, 0.25) is 5.02 Å². The van der Waals surface area contributed by atoms with Gasteiger partial charge in [-0.05, 0) is 47.9 Å². The average molecular weight is 442 g/mol. The van der Waals surface area contributed by atoms with Crippen LogP contribution in [-0.2, 0) is 22.6 Å². The van der Waals surface area contributed by atoms with E-state index >= 15 is 0 Å². The number of furan rings is 1. The Hall–Kier alpha value is -3.16. The number of hydrogen-bond acceptors (Lipinski definition) is 4. The zero-order valence-corrected chi connectivity index (χ0v) is 17.4. The highest BCUT2D eigenvalue weighted by Gasteiger charge is 2.28. The molecule has 31 heavy (non-hydrogen) atoms. The predicted molar refractivity (Wildman–Crippen MR) is 115 cm³/mol. The fourth-order valence-electron chi connectivity index (χ4n) is 3.71. The second kappa shape index (κ2) is 9.32. The molecular weight excluding hydrogens is 421 g/mol. The molecule has 6 nitrogen and oxygen atoms in total. The number of rotatable bonds is 5. The second-order valence-electron chi connectivity index (χ2n) is 7.31. The molecule has 0 saturated carbocycles. The first-order chi connectivity index (χ1) is 15.0. The van der Waals surface area contributed by atoms with Gasteiger partial charge in [-0.3, -0.25) is 14.5 Å². The van der Waals surface area contributed by atoms with Gasteiger partial charge in [0.05, 0.1) is 17.3 Å². The zero-order chi connectivity index (χ0) is 21.8. The Morgan fingerprint density at radius 3 is 2.65 bits per heavy atom. The van der Waals surface area contributed by atoms with E-state index in [1.807, 2.05) is 18.2 Å². The molecule has 1 aliphatic heterocycles. The Kier molecular flexibility index (Phi) is 6.34. The van der Waals surface area contributed by atoms with Crippen LogP contribution >= 0.6 is 11.6 Å². The largest absolute Gasteiger partial charge is 0.468 e. The van der Waals surface area contributed by atoms with E-state index in [0.29, 0.717) is 5.76 Å². The molecule has 0 aliphatic carbocycles. The van der Waals surface area contributed by atoms with Crippen LogP contribution in [0, 0.1) is 5.82 Å². The molecule has 1 atom stereocenters. The van der Waals surface area contributed by atoms with Crippen molar-refractivity contribution >= 4 is 29.1 Å². The number of carbonyl (C=O) groups is 2. The molecule has 1 aromatic heterocycles. The van der Waals surface area contributed by atoms with Gasteiger partial charge in [0.25, 0.3) is 0 Å².